The quantitative estimate of drug-likeness (QED) is 0.153. The van der Waals surface area contributed by atoms with Crippen molar-refractivity contribution >= 4 is 43.6 Å². The van der Waals surface area contributed by atoms with Gasteiger partial charge >= 0.3 is 0 Å². The van der Waals surface area contributed by atoms with Gasteiger partial charge in [-0.3, -0.25) is 4.57 Å². The van der Waals surface area contributed by atoms with Gasteiger partial charge in [0.1, 0.15) is 0 Å². The minimum absolute atomic E-state index is 0.549. The Kier molecular flexibility index (Phi) is 9.43. The molecular formula is C63H41N5. The predicted octanol–water partition coefficient (Wildman–Crippen LogP) is 16.1. The van der Waals surface area contributed by atoms with Gasteiger partial charge in [0.15, 0.2) is 11.6 Å². The number of rotatable bonds is 8. The second kappa shape index (κ2) is 16.4. The average molecular weight is 868 g/mol. The van der Waals surface area contributed by atoms with Gasteiger partial charge in [0, 0.05) is 38.2 Å². The van der Waals surface area contributed by atoms with Gasteiger partial charge in [0.05, 0.1) is 27.8 Å². The van der Waals surface area contributed by atoms with Crippen LogP contribution in [-0.2, 0) is 0 Å². The molecule has 0 saturated carbocycles. The standard InChI is InChI=1S/C63H41N5/c1-5-17-42(18-6-1)45-29-33-47(34-30-45)55-41-50(44-21-9-3-10-22-44)37-40-58(55)67-56-27-15-13-25-51(56)53-38-39-54-52-26-14-16-28-57(52)68(60(54)59(53)67)63-65-61(48-23-11-4-12-24-48)64-62(66-63)49-35-31-46(32-36-49)43-19-7-2-8-20-43/h1-41H. The van der Waals surface area contributed by atoms with Crippen LogP contribution in [0.1, 0.15) is 0 Å². The van der Waals surface area contributed by atoms with Gasteiger partial charge < -0.3 is 4.57 Å². The summed E-state index contributed by atoms with van der Waals surface area (Å²) < 4.78 is 4.74. The molecule has 0 radical (unpaired) electrons. The molecule has 5 heteroatoms. The number of nitrogens with zero attached hydrogens (tertiary/aromatic N) is 5. The molecule has 0 N–H and O–H groups in total. The van der Waals surface area contributed by atoms with Crippen LogP contribution < -0.4 is 0 Å². The van der Waals surface area contributed by atoms with Gasteiger partial charge in [0.2, 0.25) is 5.95 Å². The van der Waals surface area contributed by atoms with Crippen molar-refractivity contribution in [3.8, 4) is 78.9 Å². The van der Waals surface area contributed by atoms with Crippen molar-refractivity contribution in [1.29, 1.82) is 0 Å². The summed E-state index contributed by atoms with van der Waals surface area (Å²) >= 11 is 0. The summed E-state index contributed by atoms with van der Waals surface area (Å²) in [4.78, 5) is 16.0. The van der Waals surface area contributed by atoms with Crippen molar-refractivity contribution in [2.75, 3.05) is 0 Å². The molecule has 10 aromatic carbocycles. The number of hydrogen-bond acceptors (Lipinski definition) is 3. The zero-order valence-electron chi connectivity index (χ0n) is 36.9. The molecule has 5 nitrogen and oxygen atoms in total. The van der Waals surface area contributed by atoms with E-state index in [0.29, 0.717) is 17.6 Å². The second-order valence-corrected chi connectivity index (χ2v) is 17.2. The number of para-hydroxylation sites is 2. The van der Waals surface area contributed by atoms with Crippen LogP contribution in [0.15, 0.2) is 249 Å². The van der Waals surface area contributed by atoms with Crippen molar-refractivity contribution in [3.63, 3.8) is 0 Å². The minimum Gasteiger partial charge on any atom is -0.307 e. The van der Waals surface area contributed by atoms with Crippen LogP contribution in [0, 0.1) is 0 Å². The number of fused-ring (bicyclic) bond motifs is 7. The molecule has 0 aliphatic rings. The number of benzene rings is 10. The molecule has 3 heterocycles. The summed E-state index contributed by atoms with van der Waals surface area (Å²) in [6.07, 6.45) is 0. The molecule has 0 aliphatic heterocycles. The van der Waals surface area contributed by atoms with Gasteiger partial charge in [-0.1, -0.05) is 224 Å². The van der Waals surface area contributed by atoms with Crippen molar-refractivity contribution in [2.45, 2.75) is 0 Å². The molecule has 0 atom stereocenters. The fraction of sp³-hybridized carbons (Fsp3) is 0. The highest BCUT2D eigenvalue weighted by Gasteiger charge is 2.25. The Morgan fingerprint density at radius 3 is 1.15 bits per heavy atom. The Bertz CT molecular complexity index is 3970. The minimum atomic E-state index is 0.549. The van der Waals surface area contributed by atoms with Crippen molar-refractivity contribution in [3.05, 3.63) is 249 Å². The van der Waals surface area contributed by atoms with E-state index in [4.69, 9.17) is 15.0 Å². The first-order valence-electron chi connectivity index (χ1n) is 23.0. The van der Waals surface area contributed by atoms with E-state index in [2.05, 4.69) is 234 Å². The maximum Gasteiger partial charge on any atom is 0.238 e. The molecule has 0 amide bonds. The lowest BCUT2D eigenvalue weighted by Gasteiger charge is -2.18. The second-order valence-electron chi connectivity index (χ2n) is 17.2. The molecule has 13 rings (SSSR count). The maximum atomic E-state index is 5.41. The fourth-order valence-electron chi connectivity index (χ4n) is 9.96. The summed E-state index contributed by atoms with van der Waals surface area (Å²) in [6, 6.07) is 88.3. The molecular weight excluding hydrogens is 827 g/mol. The number of aromatic nitrogens is 5. The van der Waals surface area contributed by atoms with Gasteiger partial charge in [-0.25, -0.2) is 4.98 Å². The molecule has 3 aromatic heterocycles. The first-order chi connectivity index (χ1) is 33.7. The SMILES string of the molecule is c1ccc(-c2ccc(-c3nc(-c4ccccc4)nc(-n4c5ccccc5c5ccc6c7ccccc7n(-c7ccc(-c8ccccc8)cc7-c7ccc(-c8ccccc8)cc7)c6c54)n3)cc2)cc1. The highest BCUT2D eigenvalue weighted by molar-refractivity contribution is 6.24. The Hall–Kier alpha value is -9.19. The largest absolute Gasteiger partial charge is 0.307 e. The lowest BCUT2D eigenvalue weighted by atomic mass is 9.95. The highest BCUT2D eigenvalue weighted by atomic mass is 15.2. The lowest BCUT2D eigenvalue weighted by molar-refractivity contribution is 0.953. The van der Waals surface area contributed by atoms with E-state index in [-0.39, 0.29) is 0 Å². The molecule has 0 fully saturated rings. The van der Waals surface area contributed by atoms with E-state index in [0.717, 1.165) is 82.9 Å². The zero-order valence-corrected chi connectivity index (χ0v) is 36.9. The topological polar surface area (TPSA) is 48.5 Å². The predicted molar refractivity (Wildman–Crippen MR) is 281 cm³/mol. The molecule has 13 aromatic rings. The molecule has 318 valence electrons. The van der Waals surface area contributed by atoms with Gasteiger partial charge in [-0.15, -0.1) is 0 Å². The van der Waals surface area contributed by atoms with E-state index in [1.807, 2.05) is 24.3 Å². The van der Waals surface area contributed by atoms with E-state index in [9.17, 15) is 0 Å². The molecule has 0 bridgehead atoms. The molecule has 0 saturated heterocycles. The van der Waals surface area contributed by atoms with E-state index in [1.165, 1.54) is 22.1 Å². The summed E-state index contributed by atoms with van der Waals surface area (Å²) in [7, 11) is 0. The van der Waals surface area contributed by atoms with Crippen LogP contribution in [-0.4, -0.2) is 24.1 Å². The van der Waals surface area contributed by atoms with E-state index < -0.39 is 0 Å². The van der Waals surface area contributed by atoms with Gasteiger partial charge in [0.25, 0.3) is 0 Å². The van der Waals surface area contributed by atoms with E-state index >= 15 is 0 Å². The van der Waals surface area contributed by atoms with Crippen LogP contribution in [0.5, 0.6) is 0 Å². The Balaban J connectivity index is 1.10. The van der Waals surface area contributed by atoms with Crippen LogP contribution in [0.2, 0.25) is 0 Å². The summed E-state index contributed by atoms with van der Waals surface area (Å²) in [5, 5.41) is 4.54. The smallest absolute Gasteiger partial charge is 0.238 e. The summed E-state index contributed by atoms with van der Waals surface area (Å²) in [5.74, 6) is 1.76. The molecule has 0 spiro atoms. The third-order valence-electron chi connectivity index (χ3n) is 13.2. The normalized spacial score (nSPS) is 11.5. The van der Waals surface area contributed by atoms with Gasteiger partial charge in [-0.05, 0) is 63.2 Å². The summed E-state index contributed by atoms with van der Waals surface area (Å²) in [5.41, 5.74) is 16.4. The Morgan fingerprint density at radius 1 is 0.250 bits per heavy atom. The first kappa shape index (κ1) is 39.2. The molecule has 0 aliphatic carbocycles. The van der Waals surface area contributed by atoms with Crippen molar-refractivity contribution < 1.29 is 0 Å². The van der Waals surface area contributed by atoms with Crippen LogP contribution in [0.25, 0.3) is 123 Å². The Labute approximate surface area is 393 Å². The maximum absolute atomic E-state index is 5.41. The van der Waals surface area contributed by atoms with Crippen LogP contribution in [0.3, 0.4) is 0 Å². The van der Waals surface area contributed by atoms with Crippen molar-refractivity contribution in [1.82, 2.24) is 24.1 Å². The third kappa shape index (κ3) is 6.68. The third-order valence-corrected chi connectivity index (χ3v) is 13.2. The molecule has 0 unspecified atom stereocenters. The number of hydrogen-bond donors (Lipinski definition) is 0. The Morgan fingerprint density at radius 2 is 0.618 bits per heavy atom. The van der Waals surface area contributed by atoms with Crippen LogP contribution >= 0.6 is 0 Å². The zero-order chi connectivity index (χ0) is 45.0. The van der Waals surface area contributed by atoms with Crippen LogP contribution in [0.4, 0.5) is 0 Å². The van der Waals surface area contributed by atoms with Gasteiger partial charge in [-0.2, -0.15) is 9.97 Å². The van der Waals surface area contributed by atoms with Crippen molar-refractivity contribution in [2.24, 2.45) is 0 Å². The monoisotopic (exact) mass is 867 g/mol. The highest BCUT2D eigenvalue weighted by Crippen LogP contribution is 2.44. The molecule has 68 heavy (non-hydrogen) atoms. The average Bonchev–Trinajstić information content (AvgIpc) is 3.95. The fourth-order valence-corrected chi connectivity index (χ4v) is 9.96. The lowest BCUT2D eigenvalue weighted by Crippen LogP contribution is -2.07. The summed E-state index contributed by atoms with van der Waals surface area (Å²) in [6.45, 7) is 0. The first-order valence-corrected chi connectivity index (χ1v) is 23.0. The van der Waals surface area contributed by atoms with E-state index in [1.54, 1.807) is 0 Å².